The van der Waals surface area contributed by atoms with E-state index in [9.17, 15) is 17.6 Å². The van der Waals surface area contributed by atoms with Crippen LogP contribution in [0.5, 0.6) is 0 Å². The Bertz CT molecular complexity index is 619. The normalized spacial score (nSPS) is 20.6. The molecule has 1 heterocycles. The van der Waals surface area contributed by atoms with Crippen LogP contribution in [0.4, 0.5) is 4.39 Å². The highest BCUT2D eigenvalue weighted by Crippen LogP contribution is 2.27. The summed E-state index contributed by atoms with van der Waals surface area (Å²) >= 11 is 5.57. The van der Waals surface area contributed by atoms with Gasteiger partial charge in [0.15, 0.2) is 0 Å². The van der Waals surface area contributed by atoms with Gasteiger partial charge in [-0.3, -0.25) is 4.79 Å². The standard InChI is InChI=1S/C11H11ClFNO4S/c12-8-1-2-10(9(13)5-8)19(17,18)14-4-3-7(6-14)11(15)16/h1-2,5,7H,3-4,6H2,(H,15,16). The lowest BCUT2D eigenvalue weighted by atomic mass is 10.1. The van der Waals surface area contributed by atoms with Gasteiger partial charge in [-0.25, -0.2) is 12.8 Å². The lowest BCUT2D eigenvalue weighted by Crippen LogP contribution is -2.30. The first-order valence-electron chi connectivity index (χ1n) is 5.50. The predicted molar refractivity (Wildman–Crippen MR) is 65.9 cm³/mol. The van der Waals surface area contributed by atoms with Crippen LogP contribution in [0.2, 0.25) is 5.02 Å². The predicted octanol–water partition coefficient (Wildman–Crippen LogP) is 1.57. The molecule has 1 atom stereocenters. The highest BCUT2D eigenvalue weighted by atomic mass is 35.5. The summed E-state index contributed by atoms with van der Waals surface area (Å²) < 4.78 is 39.0. The van der Waals surface area contributed by atoms with Crippen LogP contribution in [0.3, 0.4) is 0 Å². The second-order valence-corrected chi connectivity index (χ2v) is 6.60. The zero-order valence-corrected chi connectivity index (χ0v) is 11.3. The van der Waals surface area contributed by atoms with Gasteiger partial charge in [0.2, 0.25) is 10.0 Å². The van der Waals surface area contributed by atoms with Crippen molar-refractivity contribution in [2.45, 2.75) is 11.3 Å². The topological polar surface area (TPSA) is 74.7 Å². The van der Waals surface area contributed by atoms with Crippen LogP contribution in [0.1, 0.15) is 6.42 Å². The third-order valence-electron chi connectivity index (χ3n) is 3.01. The number of halogens is 2. The number of sulfonamides is 1. The van der Waals surface area contributed by atoms with Gasteiger partial charge in [0.05, 0.1) is 5.92 Å². The van der Waals surface area contributed by atoms with Crippen molar-refractivity contribution in [1.82, 2.24) is 4.31 Å². The molecule has 0 aliphatic carbocycles. The molecule has 0 radical (unpaired) electrons. The molecule has 1 unspecified atom stereocenters. The third-order valence-corrected chi connectivity index (χ3v) is 5.15. The second-order valence-electron chi connectivity index (χ2n) is 4.26. The summed E-state index contributed by atoms with van der Waals surface area (Å²) in [4.78, 5) is 10.3. The van der Waals surface area contributed by atoms with Crippen molar-refractivity contribution in [2.75, 3.05) is 13.1 Å². The second kappa shape index (κ2) is 5.07. The summed E-state index contributed by atoms with van der Waals surface area (Å²) in [7, 11) is -4.02. The lowest BCUT2D eigenvalue weighted by molar-refractivity contribution is -0.141. The number of rotatable bonds is 3. The molecule has 1 saturated heterocycles. The molecule has 1 aliphatic rings. The largest absolute Gasteiger partial charge is 0.481 e. The first kappa shape index (κ1) is 14.2. The minimum Gasteiger partial charge on any atom is -0.481 e. The molecule has 1 aromatic carbocycles. The smallest absolute Gasteiger partial charge is 0.307 e. The molecule has 5 nitrogen and oxygen atoms in total. The summed E-state index contributed by atoms with van der Waals surface area (Å²) in [6.45, 7) is -0.0684. The van der Waals surface area contributed by atoms with Crippen LogP contribution in [0.25, 0.3) is 0 Å². The Morgan fingerprint density at radius 1 is 1.47 bits per heavy atom. The molecule has 1 aliphatic heterocycles. The Kier molecular flexibility index (Phi) is 3.80. The van der Waals surface area contributed by atoms with Crippen LogP contribution in [0, 0.1) is 11.7 Å². The van der Waals surface area contributed by atoms with Gasteiger partial charge in [0.25, 0.3) is 0 Å². The van der Waals surface area contributed by atoms with Gasteiger partial charge in [0.1, 0.15) is 10.7 Å². The molecule has 1 N–H and O–H groups in total. The quantitative estimate of drug-likeness (QED) is 0.920. The summed E-state index contributed by atoms with van der Waals surface area (Å²) in [5, 5.41) is 8.94. The molecule has 0 amide bonds. The van der Waals surface area contributed by atoms with E-state index in [0.29, 0.717) is 0 Å². The van der Waals surface area contributed by atoms with Crippen molar-refractivity contribution in [1.29, 1.82) is 0 Å². The van der Waals surface area contributed by atoms with Crippen molar-refractivity contribution in [3.63, 3.8) is 0 Å². The van der Waals surface area contributed by atoms with Crippen LogP contribution in [-0.4, -0.2) is 36.9 Å². The average Bonchev–Trinajstić information content (AvgIpc) is 2.78. The molecule has 1 aromatic rings. The average molecular weight is 308 g/mol. The first-order valence-corrected chi connectivity index (χ1v) is 7.32. The summed E-state index contributed by atoms with van der Waals surface area (Å²) in [6.07, 6.45) is 0.226. The number of aliphatic carboxylic acids is 1. The first-order chi connectivity index (χ1) is 8.82. The number of nitrogens with zero attached hydrogens (tertiary/aromatic N) is 1. The van der Waals surface area contributed by atoms with E-state index < -0.39 is 32.6 Å². The van der Waals surface area contributed by atoms with Crippen molar-refractivity contribution in [3.8, 4) is 0 Å². The van der Waals surface area contributed by atoms with Gasteiger partial charge in [0, 0.05) is 18.1 Å². The van der Waals surface area contributed by atoms with Crippen molar-refractivity contribution < 1.29 is 22.7 Å². The van der Waals surface area contributed by atoms with E-state index in [1.807, 2.05) is 0 Å². The van der Waals surface area contributed by atoms with Crippen LogP contribution in [0.15, 0.2) is 23.1 Å². The maximum absolute atomic E-state index is 13.6. The number of benzene rings is 1. The van der Waals surface area contributed by atoms with Crippen LogP contribution >= 0.6 is 11.6 Å². The molecule has 0 saturated carbocycles. The SMILES string of the molecule is O=C(O)C1CCN(S(=O)(=O)c2ccc(Cl)cc2F)C1. The Morgan fingerprint density at radius 3 is 2.68 bits per heavy atom. The molecule has 2 rings (SSSR count). The highest BCUT2D eigenvalue weighted by Gasteiger charge is 2.36. The molecule has 0 spiro atoms. The van der Waals surface area contributed by atoms with E-state index in [2.05, 4.69) is 0 Å². The molecule has 0 bridgehead atoms. The van der Waals surface area contributed by atoms with Crippen LogP contribution in [-0.2, 0) is 14.8 Å². The van der Waals surface area contributed by atoms with E-state index >= 15 is 0 Å². The fraction of sp³-hybridized carbons (Fsp3) is 0.364. The fourth-order valence-corrected chi connectivity index (χ4v) is 3.68. The van der Waals surface area contributed by atoms with E-state index in [-0.39, 0.29) is 24.5 Å². The zero-order valence-electron chi connectivity index (χ0n) is 9.71. The maximum Gasteiger partial charge on any atom is 0.307 e. The Hall–Kier alpha value is -1.18. The number of carboxylic acid groups (broad SMARTS) is 1. The molecule has 19 heavy (non-hydrogen) atoms. The lowest BCUT2D eigenvalue weighted by Gasteiger charge is -2.16. The Morgan fingerprint density at radius 2 is 2.16 bits per heavy atom. The van der Waals surface area contributed by atoms with Crippen LogP contribution < -0.4 is 0 Å². The Labute approximate surface area is 114 Å². The third kappa shape index (κ3) is 2.72. The van der Waals surface area contributed by atoms with Crippen molar-refractivity contribution >= 4 is 27.6 Å². The molecule has 1 fully saturated rings. The van der Waals surface area contributed by atoms with Gasteiger partial charge < -0.3 is 5.11 Å². The minimum atomic E-state index is -4.02. The van der Waals surface area contributed by atoms with E-state index in [0.717, 1.165) is 16.4 Å². The molecular weight excluding hydrogens is 297 g/mol. The number of hydrogen-bond donors (Lipinski definition) is 1. The van der Waals surface area contributed by atoms with Gasteiger partial charge in [-0.15, -0.1) is 0 Å². The molecule has 0 aromatic heterocycles. The van der Waals surface area contributed by atoms with Gasteiger partial charge in [-0.05, 0) is 24.6 Å². The molecule has 8 heteroatoms. The zero-order chi connectivity index (χ0) is 14.2. The minimum absolute atomic E-state index is 0.0708. The molecule has 104 valence electrons. The van der Waals surface area contributed by atoms with Crippen molar-refractivity contribution in [2.24, 2.45) is 5.92 Å². The highest BCUT2D eigenvalue weighted by molar-refractivity contribution is 7.89. The maximum atomic E-state index is 13.6. The summed E-state index contributed by atoms with van der Waals surface area (Å²) in [5.41, 5.74) is 0. The fourth-order valence-electron chi connectivity index (χ4n) is 1.97. The van der Waals surface area contributed by atoms with Gasteiger partial charge >= 0.3 is 5.97 Å². The summed E-state index contributed by atoms with van der Waals surface area (Å²) in [5.74, 6) is -2.73. The molecular formula is C11H11ClFNO4S. The van der Waals surface area contributed by atoms with Crippen molar-refractivity contribution in [3.05, 3.63) is 29.0 Å². The van der Waals surface area contributed by atoms with E-state index in [1.165, 1.54) is 6.07 Å². The van der Waals surface area contributed by atoms with E-state index in [4.69, 9.17) is 16.7 Å². The number of hydrogen-bond acceptors (Lipinski definition) is 3. The van der Waals surface area contributed by atoms with Gasteiger partial charge in [-0.2, -0.15) is 4.31 Å². The van der Waals surface area contributed by atoms with Gasteiger partial charge in [-0.1, -0.05) is 11.6 Å². The van der Waals surface area contributed by atoms with E-state index in [1.54, 1.807) is 0 Å². The Balaban J connectivity index is 2.31. The monoisotopic (exact) mass is 307 g/mol. The number of carboxylic acids is 1. The summed E-state index contributed by atoms with van der Waals surface area (Å²) in [6, 6.07) is 3.28. The number of carbonyl (C=O) groups is 1.